The molecular formula is C20H29N5O2S2. The van der Waals surface area contributed by atoms with Crippen molar-refractivity contribution < 1.29 is 8.42 Å². The van der Waals surface area contributed by atoms with Gasteiger partial charge in [-0.2, -0.15) is 4.31 Å². The number of aliphatic imine (C=N–C) groups is 1. The van der Waals surface area contributed by atoms with Crippen molar-refractivity contribution in [1.29, 1.82) is 0 Å². The van der Waals surface area contributed by atoms with Crippen LogP contribution in [0.15, 0.2) is 51.7 Å². The molecule has 0 amide bonds. The topological polar surface area (TPSA) is 77.0 Å². The van der Waals surface area contributed by atoms with Gasteiger partial charge in [-0.25, -0.2) is 8.42 Å². The lowest BCUT2D eigenvalue weighted by Gasteiger charge is -2.32. The maximum absolute atomic E-state index is 13.2. The van der Waals surface area contributed by atoms with E-state index in [-0.39, 0.29) is 0 Å². The van der Waals surface area contributed by atoms with Crippen molar-refractivity contribution in [2.45, 2.75) is 17.9 Å². The Morgan fingerprint density at radius 2 is 1.86 bits per heavy atom. The molecule has 1 fully saturated rings. The SMILES string of the molecule is CN=C(NCCc1cccs1)NCc1ccccc1S(=O)(=O)N1CCN(C)CC1. The van der Waals surface area contributed by atoms with Crippen molar-refractivity contribution in [1.82, 2.24) is 19.8 Å². The summed E-state index contributed by atoms with van der Waals surface area (Å²) in [5.74, 6) is 0.661. The van der Waals surface area contributed by atoms with Crippen LogP contribution in [0.5, 0.6) is 0 Å². The molecule has 1 aliphatic heterocycles. The van der Waals surface area contributed by atoms with E-state index in [0.29, 0.717) is 30.5 Å². The molecule has 2 heterocycles. The van der Waals surface area contributed by atoms with Crippen molar-refractivity contribution in [3.63, 3.8) is 0 Å². The van der Waals surface area contributed by atoms with Crippen LogP contribution in [0, 0.1) is 0 Å². The number of nitrogens with one attached hydrogen (secondary N) is 2. The maximum Gasteiger partial charge on any atom is 0.243 e. The highest BCUT2D eigenvalue weighted by Gasteiger charge is 2.29. The molecule has 3 rings (SSSR count). The quantitative estimate of drug-likeness (QED) is 0.510. The monoisotopic (exact) mass is 435 g/mol. The first-order valence-corrected chi connectivity index (χ1v) is 12.1. The van der Waals surface area contributed by atoms with Crippen molar-refractivity contribution in [2.75, 3.05) is 46.8 Å². The van der Waals surface area contributed by atoms with E-state index >= 15 is 0 Å². The molecule has 29 heavy (non-hydrogen) atoms. The van der Waals surface area contributed by atoms with Crippen molar-refractivity contribution in [3.8, 4) is 0 Å². The van der Waals surface area contributed by atoms with Gasteiger partial charge in [0.05, 0.1) is 4.90 Å². The van der Waals surface area contributed by atoms with E-state index in [2.05, 4.69) is 32.0 Å². The van der Waals surface area contributed by atoms with E-state index in [4.69, 9.17) is 0 Å². The second-order valence-corrected chi connectivity index (χ2v) is 9.94. The zero-order chi connectivity index (χ0) is 20.7. The fourth-order valence-corrected chi connectivity index (χ4v) is 5.58. The molecule has 2 aromatic rings. The first-order chi connectivity index (χ1) is 14.0. The Hall–Kier alpha value is -1.94. The number of guanidine groups is 1. The largest absolute Gasteiger partial charge is 0.356 e. The lowest BCUT2D eigenvalue weighted by molar-refractivity contribution is 0.222. The third-order valence-corrected chi connectivity index (χ3v) is 7.90. The second kappa shape index (κ2) is 10.2. The highest BCUT2D eigenvalue weighted by Crippen LogP contribution is 2.21. The third kappa shape index (κ3) is 5.79. The van der Waals surface area contributed by atoms with E-state index in [1.54, 1.807) is 34.8 Å². The lowest BCUT2D eigenvalue weighted by atomic mass is 10.2. The molecule has 0 radical (unpaired) electrons. The maximum atomic E-state index is 13.2. The van der Waals surface area contributed by atoms with Crippen molar-refractivity contribution in [2.24, 2.45) is 4.99 Å². The van der Waals surface area contributed by atoms with Crippen LogP contribution in [-0.4, -0.2) is 70.4 Å². The Labute approximate surface area is 177 Å². The Balaban J connectivity index is 1.62. The number of sulfonamides is 1. The predicted molar refractivity (Wildman–Crippen MR) is 119 cm³/mol. The van der Waals surface area contributed by atoms with Crippen molar-refractivity contribution in [3.05, 3.63) is 52.2 Å². The molecule has 0 aliphatic carbocycles. The zero-order valence-electron chi connectivity index (χ0n) is 17.0. The molecule has 2 N–H and O–H groups in total. The van der Waals surface area contributed by atoms with Gasteiger partial charge in [-0.3, -0.25) is 4.99 Å². The van der Waals surface area contributed by atoms with Gasteiger partial charge in [-0.15, -0.1) is 11.3 Å². The second-order valence-electron chi connectivity index (χ2n) is 7.00. The van der Waals surface area contributed by atoms with Crippen LogP contribution in [0.25, 0.3) is 0 Å². The number of benzene rings is 1. The zero-order valence-corrected chi connectivity index (χ0v) is 18.6. The predicted octanol–water partition coefficient (Wildman–Crippen LogP) is 1.59. The Kier molecular flexibility index (Phi) is 7.65. The average Bonchev–Trinajstić information content (AvgIpc) is 3.24. The molecule has 158 valence electrons. The number of piperazine rings is 1. The van der Waals surface area contributed by atoms with E-state index in [1.165, 1.54) is 4.88 Å². The average molecular weight is 436 g/mol. The van der Waals surface area contributed by atoms with Gasteiger partial charge in [-0.05, 0) is 36.5 Å². The molecule has 7 nitrogen and oxygen atoms in total. The summed E-state index contributed by atoms with van der Waals surface area (Å²) < 4.78 is 27.9. The van der Waals surface area contributed by atoms with E-state index in [9.17, 15) is 8.42 Å². The summed E-state index contributed by atoms with van der Waals surface area (Å²) >= 11 is 1.74. The summed E-state index contributed by atoms with van der Waals surface area (Å²) in [5.41, 5.74) is 0.743. The third-order valence-electron chi connectivity index (χ3n) is 4.97. The van der Waals surface area contributed by atoms with Gasteiger partial charge in [0.25, 0.3) is 0 Å². The van der Waals surface area contributed by atoms with E-state index in [0.717, 1.165) is 31.6 Å². The van der Waals surface area contributed by atoms with Gasteiger partial charge < -0.3 is 15.5 Å². The van der Waals surface area contributed by atoms with Crippen LogP contribution in [-0.2, 0) is 23.0 Å². The van der Waals surface area contributed by atoms with Crippen molar-refractivity contribution >= 4 is 27.3 Å². The van der Waals surface area contributed by atoms with Gasteiger partial charge in [0.15, 0.2) is 5.96 Å². The number of hydrogen-bond acceptors (Lipinski definition) is 5. The molecule has 1 aromatic heterocycles. The first-order valence-electron chi connectivity index (χ1n) is 9.74. The molecule has 0 atom stereocenters. The molecule has 9 heteroatoms. The molecule has 0 bridgehead atoms. The van der Waals surface area contributed by atoms with Gasteiger partial charge in [0, 0.05) is 51.2 Å². The smallest absolute Gasteiger partial charge is 0.243 e. The standard InChI is InChI=1S/C20H29N5O2S2/c1-21-20(22-10-9-18-7-5-15-28-18)23-16-17-6-3-4-8-19(17)29(26,27)25-13-11-24(2)12-14-25/h3-8,15H,9-14,16H2,1-2H3,(H2,21,22,23). The fourth-order valence-electron chi connectivity index (χ4n) is 3.23. The minimum atomic E-state index is -3.51. The minimum absolute atomic E-state index is 0.367. The highest BCUT2D eigenvalue weighted by molar-refractivity contribution is 7.89. The van der Waals surface area contributed by atoms with Gasteiger partial charge in [0.2, 0.25) is 10.0 Å². The summed E-state index contributed by atoms with van der Waals surface area (Å²) in [6.45, 7) is 3.70. The van der Waals surface area contributed by atoms with Crippen LogP contribution in [0.2, 0.25) is 0 Å². The lowest BCUT2D eigenvalue weighted by Crippen LogP contribution is -2.47. The molecule has 0 unspecified atom stereocenters. The molecular weight excluding hydrogens is 406 g/mol. The van der Waals surface area contributed by atoms with Crippen LogP contribution in [0.4, 0.5) is 0 Å². The number of hydrogen-bond donors (Lipinski definition) is 2. The Morgan fingerprint density at radius 3 is 2.55 bits per heavy atom. The van der Waals surface area contributed by atoms with Gasteiger partial charge >= 0.3 is 0 Å². The molecule has 0 spiro atoms. The van der Waals surface area contributed by atoms with Crippen LogP contribution < -0.4 is 10.6 Å². The summed E-state index contributed by atoms with van der Waals surface area (Å²) in [6, 6.07) is 11.4. The molecule has 1 aliphatic rings. The number of rotatable bonds is 7. The summed E-state index contributed by atoms with van der Waals surface area (Å²) in [7, 11) is 0.219. The van der Waals surface area contributed by atoms with Crippen LogP contribution >= 0.6 is 11.3 Å². The van der Waals surface area contributed by atoms with E-state index in [1.807, 2.05) is 25.2 Å². The Morgan fingerprint density at radius 1 is 1.10 bits per heavy atom. The van der Waals surface area contributed by atoms with E-state index < -0.39 is 10.0 Å². The number of thiophene rings is 1. The number of nitrogens with zero attached hydrogens (tertiary/aromatic N) is 3. The van der Waals surface area contributed by atoms with Crippen LogP contribution in [0.1, 0.15) is 10.4 Å². The Bertz CT molecular complexity index is 905. The fraction of sp³-hybridized carbons (Fsp3) is 0.450. The number of likely N-dealkylation sites (N-methyl/N-ethyl adjacent to an activating group) is 1. The molecule has 1 aromatic carbocycles. The highest BCUT2D eigenvalue weighted by atomic mass is 32.2. The summed E-state index contributed by atoms with van der Waals surface area (Å²) in [5, 5.41) is 8.59. The van der Waals surface area contributed by atoms with Gasteiger partial charge in [0.1, 0.15) is 0 Å². The normalized spacial score (nSPS) is 16.7. The van der Waals surface area contributed by atoms with Crippen LogP contribution in [0.3, 0.4) is 0 Å². The molecule has 1 saturated heterocycles. The minimum Gasteiger partial charge on any atom is -0.356 e. The van der Waals surface area contributed by atoms with Gasteiger partial charge in [-0.1, -0.05) is 24.3 Å². The summed E-state index contributed by atoms with van der Waals surface area (Å²) in [6.07, 6.45) is 0.923. The molecule has 0 saturated carbocycles. The first kappa shape index (κ1) is 21.8. The summed E-state index contributed by atoms with van der Waals surface area (Å²) in [4.78, 5) is 8.07.